The SMILES string of the molecule is CCN1CCN(c2ccc(N[C@@H](C)C(=O)Nc3ccccc3-c3ccccc3)cc2)CC1. The van der Waals surface area contributed by atoms with Gasteiger partial charge in [0, 0.05) is 48.8 Å². The molecule has 0 bridgehead atoms. The van der Waals surface area contributed by atoms with Gasteiger partial charge in [0.05, 0.1) is 0 Å². The molecule has 1 heterocycles. The maximum atomic E-state index is 12.9. The van der Waals surface area contributed by atoms with Gasteiger partial charge in [-0.2, -0.15) is 0 Å². The van der Waals surface area contributed by atoms with E-state index < -0.39 is 0 Å². The lowest BCUT2D eigenvalue weighted by Crippen LogP contribution is -2.46. The maximum absolute atomic E-state index is 12.9. The molecule has 3 aromatic carbocycles. The highest BCUT2D eigenvalue weighted by atomic mass is 16.2. The number of hydrogen-bond donors (Lipinski definition) is 2. The van der Waals surface area contributed by atoms with Crippen molar-refractivity contribution in [2.75, 3.05) is 48.3 Å². The lowest BCUT2D eigenvalue weighted by Gasteiger charge is -2.35. The van der Waals surface area contributed by atoms with Gasteiger partial charge in [0.2, 0.25) is 5.91 Å². The predicted molar refractivity (Wildman–Crippen MR) is 134 cm³/mol. The molecule has 1 fully saturated rings. The molecule has 1 amide bonds. The van der Waals surface area contributed by atoms with Crippen molar-refractivity contribution in [1.82, 2.24) is 4.90 Å². The second kappa shape index (κ2) is 10.3. The number of piperazine rings is 1. The molecule has 1 aliphatic rings. The van der Waals surface area contributed by atoms with Crippen LogP contribution in [0.1, 0.15) is 13.8 Å². The third-order valence-electron chi connectivity index (χ3n) is 6.10. The van der Waals surface area contributed by atoms with Gasteiger partial charge in [-0.3, -0.25) is 4.79 Å². The Morgan fingerprint density at radius 2 is 1.53 bits per heavy atom. The number of carbonyl (C=O) groups is 1. The molecule has 0 spiro atoms. The van der Waals surface area contributed by atoms with Crippen LogP contribution in [0.15, 0.2) is 78.9 Å². The lowest BCUT2D eigenvalue weighted by molar-refractivity contribution is -0.116. The molecule has 0 aliphatic carbocycles. The van der Waals surface area contributed by atoms with E-state index in [-0.39, 0.29) is 11.9 Å². The number of hydrogen-bond acceptors (Lipinski definition) is 4. The van der Waals surface area contributed by atoms with E-state index in [1.165, 1.54) is 5.69 Å². The van der Waals surface area contributed by atoms with E-state index in [1.54, 1.807) is 0 Å². The van der Waals surface area contributed by atoms with Crippen molar-refractivity contribution in [3.8, 4) is 11.1 Å². The van der Waals surface area contributed by atoms with Crippen molar-refractivity contribution in [3.05, 3.63) is 78.9 Å². The number of nitrogens with one attached hydrogen (secondary N) is 2. The second-order valence-corrected chi connectivity index (χ2v) is 8.24. The highest BCUT2D eigenvalue weighted by Gasteiger charge is 2.17. The first kappa shape index (κ1) is 21.9. The molecule has 32 heavy (non-hydrogen) atoms. The zero-order chi connectivity index (χ0) is 22.3. The van der Waals surface area contributed by atoms with E-state index in [0.717, 1.165) is 55.2 Å². The fraction of sp³-hybridized carbons (Fsp3) is 0.296. The average Bonchev–Trinajstić information content (AvgIpc) is 2.85. The van der Waals surface area contributed by atoms with E-state index >= 15 is 0 Å². The van der Waals surface area contributed by atoms with Crippen LogP contribution in [-0.2, 0) is 4.79 Å². The average molecular weight is 429 g/mol. The van der Waals surface area contributed by atoms with Gasteiger partial charge in [0.15, 0.2) is 0 Å². The lowest BCUT2D eigenvalue weighted by atomic mass is 10.0. The Morgan fingerprint density at radius 1 is 0.875 bits per heavy atom. The molecule has 0 aromatic heterocycles. The zero-order valence-corrected chi connectivity index (χ0v) is 18.9. The zero-order valence-electron chi connectivity index (χ0n) is 18.9. The van der Waals surface area contributed by atoms with Gasteiger partial charge in [0.25, 0.3) is 0 Å². The smallest absolute Gasteiger partial charge is 0.246 e. The molecule has 166 valence electrons. The number of rotatable bonds is 7. The normalized spacial score (nSPS) is 15.2. The van der Waals surface area contributed by atoms with Gasteiger partial charge in [-0.1, -0.05) is 55.5 Å². The van der Waals surface area contributed by atoms with Gasteiger partial charge < -0.3 is 20.4 Å². The number of amides is 1. The minimum Gasteiger partial charge on any atom is -0.374 e. The summed E-state index contributed by atoms with van der Waals surface area (Å²) in [5.41, 5.74) is 5.10. The van der Waals surface area contributed by atoms with Crippen LogP contribution in [0.4, 0.5) is 17.1 Å². The van der Waals surface area contributed by atoms with Crippen LogP contribution in [0.3, 0.4) is 0 Å². The number of anilines is 3. The molecule has 0 unspecified atom stereocenters. The molecule has 1 aliphatic heterocycles. The van der Waals surface area contributed by atoms with Crippen molar-refractivity contribution in [2.24, 2.45) is 0 Å². The van der Waals surface area contributed by atoms with Crippen LogP contribution in [0.2, 0.25) is 0 Å². The van der Waals surface area contributed by atoms with E-state index in [1.807, 2.05) is 49.4 Å². The summed E-state index contributed by atoms with van der Waals surface area (Å²) in [6, 6.07) is 26.0. The first-order valence-corrected chi connectivity index (χ1v) is 11.4. The van der Waals surface area contributed by atoms with Crippen molar-refractivity contribution in [1.29, 1.82) is 0 Å². The van der Waals surface area contributed by atoms with Crippen molar-refractivity contribution >= 4 is 23.0 Å². The summed E-state index contributed by atoms with van der Waals surface area (Å²) in [5.74, 6) is -0.0619. The molecule has 4 rings (SSSR count). The number of para-hydroxylation sites is 1. The molecular formula is C27H32N4O. The molecule has 5 nitrogen and oxygen atoms in total. The number of nitrogens with zero attached hydrogens (tertiary/aromatic N) is 2. The van der Waals surface area contributed by atoms with Crippen LogP contribution >= 0.6 is 0 Å². The van der Waals surface area contributed by atoms with Gasteiger partial charge in [-0.25, -0.2) is 0 Å². The molecule has 3 aromatic rings. The van der Waals surface area contributed by atoms with Crippen LogP contribution in [-0.4, -0.2) is 49.6 Å². The fourth-order valence-corrected chi connectivity index (χ4v) is 4.11. The predicted octanol–water partition coefficient (Wildman–Crippen LogP) is 4.93. The summed E-state index contributed by atoms with van der Waals surface area (Å²) in [7, 11) is 0. The second-order valence-electron chi connectivity index (χ2n) is 8.24. The van der Waals surface area contributed by atoms with Crippen molar-refractivity contribution < 1.29 is 4.79 Å². The standard InChI is InChI=1S/C27H32N4O/c1-3-30-17-19-31(20-18-30)24-15-13-23(14-16-24)28-21(2)27(32)29-26-12-8-7-11-25(26)22-9-5-4-6-10-22/h4-16,21,28H,3,17-20H2,1-2H3,(H,29,32)/t21-/m0/s1. The Labute approximate surface area is 191 Å². The molecule has 5 heteroatoms. The van der Waals surface area contributed by atoms with Crippen LogP contribution in [0, 0.1) is 0 Å². The Hall–Kier alpha value is -3.31. The molecule has 0 saturated carbocycles. The minimum absolute atomic E-state index is 0.0619. The minimum atomic E-state index is -0.363. The molecule has 1 atom stereocenters. The molecular weight excluding hydrogens is 396 g/mol. The van der Waals surface area contributed by atoms with Gasteiger partial charge in [0.1, 0.15) is 6.04 Å². The highest BCUT2D eigenvalue weighted by Crippen LogP contribution is 2.28. The maximum Gasteiger partial charge on any atom is 0.246 e. The van der Waals surface area contributed by atoms with E-state index in [9.17, 15) is 4.79 Å². The van der Waals surface area contributed by atoms with Crippen molar-refractivity contribution in [3.63, 3.8) is 0 Å². The van der Waals surface area contributed by atoms with Gasteiger partial charge >= 0.3 is 0 Å². The van der Waals surface area contributed by atoms with Gasteiger partial charge in [-0.05, 0) is 49.4 Å². The van der Waals surface area contributed by atoms with Crippen LogP contribution < -0.4 is 15.5 Å². The van der Waals surface area contributed by atoms with Crippen molar-refractivity contribution in [2.45, 2.75) is 19.9 Å². The van der Waals surface area contributed by atoms with Crippen LogP contribution in [0.25, 0.3) is 11.1 Å². The summed E-state index contributed by atoms with van der Waals surface area (Å²) in [5, 5.41) is 6.42. The Kier molecular flexibility index (Phi) is 7.07. The number of benzene rings is 3. The number of likely N-dealkylation sites (N-methyl/N-ethyl adjacent to an activating group) is 1. The van der Waals surface area contributed by atoms with E-state index in [4.69, 9.17) is 0 Å². The monoisotopic (exact) mass is 428 g/mol. The molecule has 1 saturated heterocycles. The first-order chi connectivity index (χ1) is 15.6. The summed E-state index contributed by atoms with van der Waals surface area (Å²) in [6.07, 6.45) is 0. The third kappa shape index (κ3) is 5.29. The molecule has 2 N–H and O–H groups in total. The highest BCUT2D eigenvalue weighted by molar-refractivity contribution is 5.99. The Bertz CT molecular complexity index is 1010. The number of carbonyl (C=O) groups excluding carboxylic acids is 1. The summed E-state index contributed by atoms with van der Waals surface area (Å²) < 4.78 is 0. The quantitative estimate of drug-likeness (QED) is 0.560. The fourth-order valence-electron chi connectivity index (χ4n) is 4.11. The van der Waals surface area contributed by atoms with Gasteiger partial charge in [-0.15, -0.1) is 0 Å². The third-order valence-corrected chi connectivity index (χ3v) is 6.10. The topological polar surface area (TPSA) is 47.6 Å². The molecule has 0 radical (unpaired) electrons. The van der Waals surface area contributed by atoms with Crippen LogP contribution in [0.5, 0.6) is 0 Å². The summed E-state index contributed by atoms with van der Waals surface area (Å²) >= 11 is 0. The first-order valence-electron chi connectivity index (χ1n) is 11.4. The Morgan fingerprint density at radius 3 is 2.22 bits per heavy atom. The Balaban J connectivity index is 1.37. The summed E-state index contributed by atoms with van der Waals surface area (Å²) in [6.45, 7) is 9.55. The van der Waals surface area contributed by atoms with E-state index in [0.29, 0.717) is 0 Å². The van der Waals surface area contributed by atoms with E-state index in [2.05, 4.69) is 63.8 Å². The largest absolute Gasteiger partial charge is 0.374 e. The summed E-state index contributed by atoms with van der Waals surface area (Å²) in [4.78, 5) is 17.8.